The first kappa shape index (κ1) is 16.0. The number of carboxylic acids is 1. The summed E-state index contributed by atoms with van der Waals surface area (Å²) in [5.41, 5.74) is 0.590. The van der Waals surface area contributed by atoms with Gasteiger partial charge in [-0.15, -0.1) is 0 Å². The Balaban J connectivity index is 2.31. The first-order chi connectivity index (χ1) is 9.78. The van der Waals surface area contributed by atoms with Gasteiger partial charge in [0, 0.05) is 0 Å². The molecule has 0 amide bonds. The van der Waals surface area contributed by atoms with Gasteiger partial charge in [0.15, 0.2) is 4.58 Å². The molecule has 21 heavy (non-hydrogen) atoms. The van der Waals surface area contributed by atoms with E-state index in [1.807, 2.05) is 30.3 Å². The second-order valence-corrected chi connectivity index (χ2v) is 8.22. The highest BCUT2D eigenvalue weighted by atomic mass is 32.3. The highest BCUT2D eigenvalue weighted by molar-refractivity contribution is 8.39. The fourth-order valence-electron chi connectivity index (χ4n) is 1.67. The predicted octanol–water partition coefficient (Wildman–Crippen LogP) is 3.59. The van der Waals surface area contributed by atoms with E-state index in [1.54, 1.807) is 20.8 Å². The second-order valence-electron chi connectivity index (χ2n) is 5.44. The number of carbonyl (C=O) groups is 2. The largest absolute Gasteiger partial charge is 0.480 e. The number of benzene rings is 1. The molecule has 4 nitrogen and oxygen atoms in total. The molecule has 1 aromatic carbocycles. The van der Waals surface area contributed by atoms with Gasteiger partial charge in [0.2, 0.25) is 0 Å². The van der Waals surface area contributed by atoms with Crippen molar-refractivity contribution < 1.29 is 19.4 Å². The minimum atomic E-state index is -0.884. The summed E-state index contributed by atoms with van der Waals surface area (Å²) in [5.74, 6) is -1.31. The lowest BCUT2D eigenvalue weighted by atomic mass is 10.1. The Morgan fingerprint density at radius 1 is 1.14 bits per heavy atom. The van der Waals surface area contributed by atoms with Gasteiger partial charge >= 0.3 is 11.9 Å². The monoisotopic (exact) mass is 324 g/mol. The summed E-state index contributed by atoms with van der Waals surface area (Å²) >= 11 is 2.36. The Bertz CT molecular complexity index is 579. The average Bonchev–Trinajstić information content (AvgIpc) is 2.31. The molecule has 1 aromatic rings. The van der Waals surface area contributed by atoms with Crippen LogP contribution in [-0.4, -0.2) is 27.2 Å². The summed E-state index contributed by atoms with van der Waals surface area (Å²) in [6.07, 6.45) is 0. The number of carboxylic acid groups (broad SMARTS) is 1. The second kappa shape index (κ2) is 6.15. The number of hydrogen-bond donors (Lipinski definition) is 1. The van der Waals surface area contributed by atoms with E-state index in [0.717, 1.165) is 5.56 Å². The molecule has 6 heteroatoms. The molecule has 1 aliphatic heterocycles. The van der Waals surface area contributed by atoms with Gasteiger partial charge in [0.1, 0.15) is 5.60 Å². The molecule has 1 aliphatic rings. The van der Waals surface area contributed by atoms with Gasteiger partial charge in [-0.2, -0.15) is 0 Å². The maximum atomic E-state index is 12.4. The van der Waals surface area contributed by atoms with Crippen molar-refractivity contribution in [1.82, 2.24) is 0 Å². The number of ether oxygens (including phenoxy) is 1. The quantitative estimate of drug-likeness (QED) is 0.677. The van der Waals surface area contributed by atoms with Crippen molar-refractivity contribution >= 4 is 41.0 Å². The van der Waals surface area contributed by atoms with Crippen molar-refractivity contribution in [2.75, 3.05) is 0 Å². The number of thioether (sulfide) groups is 2. The predicted molar refractivity (Wildman–Crippen MR) is 85.8 cm³/mol. The van der Waals surface area contributed by atoms with Crippen LogP contribution in [0, 0.1) is 0 Å². The van der Waals surface area contributed by atoms with Crippen molar-refractivity contribution in [2.45, 2.75) is 31.0 Å². The molecule has 1 fully saturated rings. The Kier molecular flexibility index (Phi) is 4.68. The molecule has 0 aliphatic carbocycles. The van der Waals surface area contributed by atoms with E-state index < -0.39 is 22.1 Å². The summed E-state index contributed by atoms with van der Waals surface area (Å²) in [6.45, 7) is 5.41. The third-order valence-electron chi connectivity index (χ3n) is 2.50. The molecule has 1 saturated heterocycles. The van der Waals surface area contributed by atoms with Crippen molar-refractivity contribution in [3.8, 4) is 0 Å². The Morgan fingerprint density at radius 2 is 1.71 bits per heavy atom. The van der Waals surface area contributed by atoms with Crippen molar-refractivity contribution in [3.63, 3.8) is 0 Å². The normalized spacial score (nSPS) is 17.9. The summed E-state index contributed by atoms with van der Waals surface area (Å²) in [6, 6.07) is 9.18. The SMILES string of the molecule is CC(C)(C)OC(=O)C(=C1SC(C(=O)O)S1)c1ccccc1. The van der Waals surface area contributed by atoms with Gasteiger partial charge in [-0.1, -0.05) is 53.9 Å². The molecule has 1 heterocycles. The number of aliphatic carboxylic acids is 1. The minimum absolute atomic E-state index is 0.424. The van der Waals surface area contributed by atoms with E-state index in [0.29, 0.717) is 9.81 Å². The Morgan fingerprint density at radius 3 is 2.19 bits per heavy atom. The van der Waals surface area contributed by atoms with E-state index >= 15 is 0 Å². The van der Waals surface area contributed by atoms with Crippen LogP contribution in [0.5, 0.6) is 0 Å². The van der Waals surface area contributed by atoms with Gasteiger partial charge in [-0.3, -0.25) is 4.79 Å². The van der Waals surface area contributed by atoms with Crippen LogP contribution in [-0.2, 0) is 14.3 Å². The van der Waals surface area contributed by atoms with Crippen LogP contribution in [0.3, 0.4) is 0 Å². The van der Waals surface area contributed by atoms with Crippen molar-refractivity contribution in [1.29, 1.82) is 0 Å². The fourth-order valence-corrected chi connectivity index (χ4v) is 3.79. The summed E-state index contributed by atoms with van der Waals surface area (Å²) in [5, 5.41) is 8.95. The van der Waals surface area contributed by atoms with Crippen LogP contribution < -0.4 is 0 Å². The Labute approximate surface area is 131 Å². The molecular formula is C15H16O4S2. The third-order valence-corrected chi connectivity index (χ3v) is 5.32. The topological polar surface area (TPSA) is 63.6 Å². The molecule has 0 radical (unpaired) electrons. The van der Waals surface area contributed by atoms with Crippen molar-refractivity contribution in [2.24, 2.45) is 0 Å². The van der Waals surface area contributed by atoms with Crippen LogP contribution in [0.15, 0.2) is 34.6 Å². The zero-order valence-electron chi connectivity index (χ0n) is 12.0. The van der Waals surface area contributed by atoms with Crippen LogP contribution in [0.2, 0.25) is 0 Å². The zero-order chi connectivity index (χ0) is 15.6. The first-order valence-corrected chi connectivity index (χ1v) is 8.13. The number of esters is 1. The zero-order valence-corrected chi connectivity index (χ0v) is 13.6. The third kappa shape index (κ3) is 4.04. The van der Waals surface area contributed by atoms with Crippen LogP contribution in [0.25, 0.3) is 5.57 Å². The average molecular weight is 324 g/mol. The van der Waals surface area contributed by atoms with Crippen LogP contribution >= 0.6 is 23.5 Å². The molecule has 0 atom stereocenters. The summed E-state index contributed by atoms with van der Waals surface area (Å²) in [4.78, 5) is 23.3. The van der Waals surface area contributed by atoms with Crippen LogP contribution in [0.1, 0.15) is 26.3 Å². The number of carbonyl (C=O) groups excluding carboxylic acids is 1. The van der Waals surface area contributed by atoms with E-state index in [1.165, 1.54) is 23.5 Å². The van der Waals surface area contributed by atoms with Gasteiger partial charge in [0.25, 0.3) is 0 Å². The molecular weight excluding hydrogens is 308 g/mol. The molecule has 0 unspecified atom stereocenters. The van der Waals surface area contributed by atoms with Gasteiger partial charge in [-0.05, 0) is 26.3 Å². The van der Waals surface area contributed by atoms with Crippen LogP contribution in [0.4, 0.5) is 0 Å². The minimum Gasteiger partial charge on any atom is -0.480 e. The van der Waals surface area contributed by atoms with Gasteiger partial charge in [0.05, 0.1) is 9.81 Å². The van der Waals surface area contributed by atoms with Gasteiger partial charge < -0.3 is 9.84 Å². The lowest BCUT2D eigenvalue weighted by Gasteiger charge is -2.28. The first-order valence-electron chi connectivity index (χ1n) is 6.37. The molecule has 2 rings (SSSR count). The van der Waals surface area contributed by atoms with Gasteiger partial charge in [-0.25, -0.2) is 4.79 Å². The Hall–Kier alpha value is -1.40. The van der Waals surface area contributed by atoms with E-state index in [4.69, 9.17) is 9.84 Å². The molecule has 112 valence electrons. The maximum absolute atomic E-state index is 12.4. The maximum Gasteiger partial charge on any atom is 0.340 e. The smallest absolute Gasteiger partial charge is 0.340 e. The molecule has 0 saturated carbocycles. The lowest BCUT2D eigenvalue weighted by Crippen LogP contribution is -2.26. The van der Waals surface area contributed by atoms with E-state index in [-0.39, 0.29) is 0 Å². The molecule has 0 aromatic heterocycles. The summed E-state index contributed by atoms with van der Waals surface area (Å²) < 4.78 is 5.58. The molecule has 1 N–H and O–H groups in total. The number of rotatable bonds is 3. The fraction of sp³-hybridized carbons (Fsp3) is 0.333. The highest BCUT2D eigenvalue weighted by Gasteiger charge is 2.37. The summed E-state index contributed by atoms with van der Waals surface area (Å²) in [7, 11) is 0. The standard InChI is InChI=1S/C15H16O4S2/c1-15(2,3)19-12(18)10(9-7-5-4-6-8-9)13-20-14(21-13)11(16)17/h4-8,14H,1-3H3,(H,16,17). The molecule has 0 bridgehead atoms. The number of hydrogen-bond acceptors (Lipinski definition) is 5. The van der Waals surface area contributed by atoms with E-state index in [2.05, 4.69) is 0 Å². The van der Waals surface area contributed by atoms with E-state index in [9.17, 15) is 9.59 Å². The van der Waals surface area contributed by atoms with Crippen molar-refractivity contribution in [3.05, 3.63) is 40.1 Å². The lowest BCUT2D eigenvalue weighted by molar-refractivity contribution is -0.147. The molecule has 0 spiro atoms. The highest BCUT2D eigenvalue weighted by Crippen LogP contribution is 2.54.